The minimum absolute atomic E-state index is 0.0173. The van der Waals surface area contributed by atoms with Gasteiger partial charge in [-0.3, -0.25) is 9.59 Å². The first-order valence-corrected chi connectivity index (χ1v) is 5.90. The average molecular weight is 279 g/mol. The van der Waals surface area contributed by atoms with Crippen molar-refractivity contribution in [2.45, 2.75) is 19.8 Å². The van der Waals surface area contributed by atoms with Crippen molar-refractivity contribution in [2.75, 3.05) is 0 Å². The van der Waals surface area contributed by atoms with Gasteiger partial charge in [-0.1, -0.05) is 35.8 Å². The molecule has 0 amide bonds. The zero-order chi connectivity index (χ0) is 11.9. The fraction of sp³-hybridized carbons (Fsp3) is 0.231. The predicted octanol–water partition coefficient (Wildman–Crippen LogP) is 3.10. The van der Waals surface area contributed by atoms with Gasteiger partial charge in [-0.05, 0) is 18.1 Å². The maximum Gasteiger partial charge on any atom is 0.187 e. The van der Waals surface area contributed by atoms with Gasteiger partial charge in [0.15, 0.2) is 11.2 Å². The van der Waals surface area contributed by atoms with E-state index in [4.69, 9.17) is 0 Å². The lowest BCUT2D eigenvalue weighted by atomic mass is 10.1. The number of allylic oxidation sites excluding steroid dienone is 1. The number of hydrogen-bond donors (Lipinski definition) is 0. The van der Waals surface area contributed by atoms with Crippen molar-refractivity contribution in [1.29, 1.82) is 0 Å². The van der Waals surface area contributed by atoms with Gasteiger partial charge in [0.1, 0.15) is 0 Å². The van der Waals surface area contributed by atoms with E-state index in [1.54, 1.807) is 12.1 Å². The summed E-state index contributed by atoms with van der Waals surface area (Å²) in [5, 5.41) is 0. The molecule has 2 nitrogen and oxygen atoms in total. The predicted molar refractivity (Wildman–Crippen MR) is 68.0 cm³/mol. The third-order valence-corrected chi connectivity index (χ3v) is 3.34. The maximum absolute atomic E-state index is 11.9. The number of halogens is 1. The first kappa shape index (κ1) is 11.3. The van der Waals surface area contributed by atoms with Crippen LogP contribution in [0.5, 0.6) is 0 Å². The van der Waals surface area contributed by atoms with Gasteiger partial charge in [0.25, 0.3) is 0 Å². The number of ketones is 1. The van der Waals surface area contributed by atoms with Crippen molar-refractivity contribution in [2.24, 2.45) is 0 Å². The third-order valence-electron chi connectivity index (χ3n) is 2.68. The summed E-state index contributed by atoms with van der Waals surface area (Å²) < 4.78 is 0.690. The molecule has 0 saturated heterocycles. The van der Waals surface area contributed by atoms with Crippen LogP contribution >= 0.6 is 15.9 Å². The molecule has 0 bridgehead atoms. The number of carbonyl (C=O) groups excluding carboxylic acids is 1. The van der Waals surface area contributed by atoms with E-state index in [1.165, 1.54) is 12.1 Å². The van der Waals surface area contributed by atoms with Gasteiger partial charge in [-0.25, -0.2) is 0 Å². The fourth-order valence-corrected chi connectivity index (χ4v) is 2.33. The Bertz CT molecular complexity index is 556. The topological polar surface area (TPSA) is 34.1 Å². The Hall–Kier alpha value is -1.22. The van der Waals surface area contributed by atoms with E-state index in [1.807, 2.05) is 13.8 Å². The van der Waals surface area contributed by atoms with Crippen molar-refractivity contribution >= 4 is 26.2 Å². The second-order valence-electron chi connectivity index (χ2n) is 4.14. The van der Waals surface area contributed by atoms with Crippen LogP contribution in [0.3, 0.4) is 0 Å². The number of rotatable bonds is 1. The highest BCUT2D eigenvalue weighted by Gasteiger charge is 2.19. The zero-order valence-electron chi connectivity index (χ0n) is 9.08. The third kappa shape index (κ3) is 1.76. The standard InChI is InChI=1S/C13H11BrO2/c1-7(2)8-3-4-9-10(5-12(8)15)11(14)6-13(9)16/h3-7H,1-2H3. The Labute approximate surface area is 102 Å². The molecule has 0 saturated carbocycles. The molecule has 82 valence electrons. The Balaban J connectivity index is 2.75. The molecule has 0 radical (unpaired) electrons. The van der Waals surface area contributed by atoms with Gasteiger partial charge in [-0.15, -0.1) is 0 Å². The normalized spacial score (nSPS) is 14.0. The molecule has 0 N–H and O–H groups in total. The lowest BCUT2D eigenvalue weighted by Gasteiger charge is -1.98. The molecule has 1 aromatic carbocycles. The quantitative estimate of drug-likeness (QED) is 0.791. The minimum atomic E-state index is -0.0489. The molecule has 0 fully saturated rings. The molecular weight excluding hydrogens is 268 g/mol. The van der Waals surface area contributed by atoms with Crippen LogP contribution in [0.1, 0.15) is 41.3 Å². The summed E-state index contributed by atoms with van der Waals surface area (Å²) in [7, 11) is 0. The average Bonchev–Trinajstić information content (AvgIpc) is 2.38. The Morgan fingerprint density at radius 3 is 2.44 bits per heavy atom. The van der Waals surface area contributed by atoms with Crippen LogP contribution in [0.4, 0.5) is 0 Å². The highest BCUT2D eigenvalue weighted by molar-refractivity contribution is 9.15. The number of carbonyl (C=O) groups is 1. The van der Waals surface area contributed by atoms with Gasteiger partial charge >= 0.3 is 0 Å². The van der Waals surface area contributed by atoms with Crippen molar-refractivity contribution in [3.05, 3.63) is 51.2 Å². The monoisotopic (exact) mass is 278 g/mol. The van der Waals surface area contributed by atoms with E-state index in [2.05, 4.69) is 15.9 Å². The molecule has 0 unspecified atom stereocenters. The summed E-state index contributed by atoms with van der Waals surface area (Å²) in [6.07, 6.45) is 1.50. The summed E-state index contributed by atoms with van der Waals surface area (Å²) in [6.45, 7) is 3.93. The lowest BCUT2D eigenvalue weighted by molar-refractivity contribution is 0.105. The molecule has 3 heteroatoms. The molecule has 0 spiro atoms. The van der Waals surface area contributed by atoms with Gasteiger partial charge in [0.05, 0.1) is 0 Å². The lowest BCUT2D eigenvalue weighted by Crippen LogP contribution is -2.05. The van der Waals surface area contributed by atoms with E-state index >= 15 is 0 Å². The van der Waals surface area contributed by atoms with E-state index in [0.29, 0.717) is 15.6 Å². The molecule has 0 aromatic heterocycles. The molecule has 0 heterocycles. The molecule has 1 aromatic rings. The molecular formula is C13H11BrO2. The second-order valence-corrected chi connectivity index (χ2v) is 4.99. The highest BCUT2D eigenvalue weighted by Crippen LogP contribution is 2.30. The second kappa shape index (κ2) is 3.98. The molecule has 0 atom stereocenters. The molecule has 2 rings (SSSR count). The summed E-state index contributed by atoms with van der Waals surface area (Å²) in [5.74, 6) is 0.116. The van der Waals surface area contributed by atoms with Gasteiger partial charge in [0, 0.05) is 27.2 Å². The van der Waals surface area contributed by atoms with E-state index in [0.717, 1.165) is 5.56 Å². The summed E-state index contributed by atoms with van der Waals surface area (Å²) >= 11 is 3.30. The minimum Gasteiger partial charge on any atom is -0.290 e. The summed E-state index contributed by atoms with van der Waals surface area (Å²) in [4.78, 5) is 23.5. The van der Waals surface area contributed by atoms with E-state index < -0.39 is 0 Å². The molecule has 1 aliphatic carbocycles. The molecule has 0 aliphatic heterocycles. The first-order chi connectivity index (χ1) is 7.50. The number of fused-ring (bicyclic) bond motifs is 1. The van der Waals surface area contributed by atoms with Crippen molar-refractivity contribution in [3.8, 4) is 0 Å². The molecule has 16 heavy (non-hydrogen) atoms. The SMILES string of the molecule is CC(C)c1ccc2c(cc1=O)C(Br)=CC2=O. The maximum atomic E-state index is 11.9. The zero-order valence-corrected chi connectivity index (χ0v) is 10.7. The number of hydrogen-bond acceptors (Lipinski definition) is 2. The van der Waals surface area contributed by atoms with E-state index in [9.17, 15) is 9.59 Å². The van der Waals surface area contributed by atoms with Crippen LogP contribution in [0.2, 0.25) is 0 Å². The van der Waals surface area contributed by atoms with Crippen molar-refractivity contribution in [1.82, 2.24) is 0 Å². The molecule has 1 aliphatic rings. The van der Waals surface area contributed by atoms with Gasteiger partial charge in [0.2, 0.25) is 0 Å². The van der Waals surface area contributed by atoms with Crippen molar-refractivity contribution < 1.29 is 4.79 Å². The van der Waals surface area contributed by atoms with Gasteiger partial charge in [-0.2, -0.15) is 0 Å². The van der Waals surface area contributed by atoms with Crippen LogP contribution in [-0.4, -0.2) is 5.78 Å². The summed E-state index contributed by atoms with van der Waals surface area (Å²) in [5.41, 5.74) is 2.01. The van der Waals surface area contributed by atoms with Crippen LogP contribution in [-0.2, 0) is 0 Å². The first-order valence-electron chi connectivity index (χ1n) is 5.11. The van der Waals surface area contributed by atoms with Crippen LogP contribution in [0.25, 0.3) is 4.48 Å². The Kier molecular flexibility index (Phi) is 2.80. The van der Waals surface area contributed by atoms with Crippen LogP contribution < -0.4 is 5.43 Å². The summed E-state index contributed by atoms with van der Waals surface area (Å²) in [6, 6.07) is 5.03. The highest BCUT2D eigenvalue weighted by atomic mass is 79.9. The van der Waals surface area contributed by atoms with E-state index in [-0.39, 0.29) is 17.1 Å². The van der Waals surface area contributed by atoms with Crippen molar-refractivity contribution in [3.63, 3.8) is 0 Å². The largest absolute Gasteiger partial charge is 0.290 e. The van der Waals surface area contributed by atoms with Crippen LogP contribution in [0.15, 0.2) is 29.1 Å². The smallest absolute Gasteiger partial charge is 0.187 e. The fourth-order valence-electron chi connectivity index (χ4n) is 1.80. The van der Waals surface area contributed by atoms with Gasteiger partial charge < -0.3 is 0 Å². The Morgan fingerprint density at radius 1 is 1.12 bits per heavy atom. The Morgan fingerprint density at radius 2 is 1.81 bits per heavy atom. The van der Waals surface area contributed by atoms with Crippen LogP contribution in [0, 0.1) is 0 Å².